The Morgan fingerprint density at radius 1 is 1.38 bits per heavy atom. The van der Waals surface area contributed by atoms with Crippen molar-refractivity contribution in [3.8, 4) is 0 Å². The number of aryl methyl sites for hydroxylation is 2. The zero-order chi connectivity index (χ0) is 15.4. The standard InChI is InChI=1S/C14H19N3O3S/c1-8-5-9(2)16-14(15-8)21-7-12(18)17-11(13(19)20)6-10-3-4-10/h5,10-11H,3-4,6-7H2,1-2H3,(H,17,18)(H,19,20). The van der Waals surface area contributed by atoms with Gasteiger partial charge in [-0.25, -0.2) is 14.8 Å². The lowest BCUT2D eigenvalue weighted by molar-refractivity contribution is -0.141. The van der Waals surface area contributed by atoms with Crippen molar-refractivity contribution >= 4 is 23.6 Å². The van der Waals surface area contributed by atoms with E-state index in [9.17, 15) is 9.59 Å². The number of nitrogens with zero attached hydrogens (tertiary/aromatic N) is 2. The summed E-state index contributed by atoms with van der Waals surface area (Å²) in [5, 5.41) is 12.2. The largest absolute Gasteiger partial charge is 0.480 e. The number of carbonyl (C=O) groups is 2. The van der Waals surface area contributed by atoms with Crippen LogP contribution in [0.25, 0.3) is 0 Å². The smallest absolute Gasteiger partial charge is 0.326 e. The van der Waals surface area contributed by atoms with Gasteiger partial charge in [-0.1, -0.05) is 24.6 Å². The fourth-order valence-corrected chi connectivity index (χ4v) is 2.79. The third kappa shape index (κ3) is 5.34. The van der Waals surface area contributed by atoms with E-state index in [1.54, 1.807) is 0 Å². The van der Waals surface area contributed by atoms with E-state index < -0.39 is 12.0 Å². The third-order valence-corrected chi connectivity index (χ3v) is 4.04. The molecule has 0 bridgehead atoms. The van der Waals surface area contributed by atoms with Crippen LogP contribution in [0.1, 0.15) is 30.7 Å². The lowest BCUT2D eigenvalue weighted by Gasteiger charge is -2.13. The lowest BCUT2D eigenvalue weighted by Crippen LogP contribution is -2.42. The van der Waals surface area contributed by atoms with E-state index in [1.165, 1.54) is 11.8 Å². The molecule has 1 heterocycles. The van der Waals surface area contributed by atoms with Crippen molar-refractivity contribution in [2.45, 2.75) is 44.3 Å². The summed E-state index contributed by atoms with van der Waals surface area (Å²) in [5.74, 6) is -0.697. The summed E-state index contributed by atoms with van der Waals surface area (Å²) in [6.07, 6.45) is 2.64. The molecule has 1 fully saturated rings. The van der Waals surface area contributed by atoms with Gasteiger partial charge in [-0.2, -0.15) is 0 Å². The molecule has 6 nitrogen and oxygen atoms in total. The van der Waals surface area contributed by atoms with Gasteiger partial charge in [0.25, 0.3) is 0 Å². The van der Waals surface area contributed by atoms with Crippen LogP contribution >= 0.6 is 11.8 Å². The number of hydrogen-bond acceptors (Lipinski definition) is 5. The molecule has 0 spiro atoms. The Morgan fingerprint density at radius 2 is 2.00 bits per heavy atom. The average molecular weight is 309 g/mol. The molecule has 0 aromatic carbocycles. The number of carboxylic acids is 1. The van der Waals surface area contributed by atoms with Gasteiger partial charge in [0.2, 0.25) is 5.91 Å². The van der Waals surface area contributed by atoms with Crippen molar-refractivity contribution in [3.63, 3.8) is 0 Å². The molecule has 1 saturated carbocycles. The Bertz CT molecular complexity index is 526. The summed E-state index contributed by atoms with van der Waals surface area (Å²) in [7, 11) is 0. The molecule has 2 rings (SSSR count). The number of thioether (sulfide) groups is 1. The lowest BCUT2D eigenvalue weighted by atomic mass is 10.1. The molecule has 1 aliphatic rings. The first-order chi connectivity index (χ1) is 9.94. The zero-order valence-electron chi connectivity index (χ0n) is 12.1. The monoisotopic (exact) mass is 309 g/mol. The van der Waals surface area contributed by atoms with Crippen molar-refractivity contribution in [1.82, 2.24) is 15.3 Å². The molecule has 114 valence electrons. The molecule has 21 heavy (non-hydrogen) atoms. The van der Waals surface area contributed by atoms with Crippen LogP contribution in [0.2, 0.25) is 0 Å². The van der Waals surface area contributed by atoms with Crippen LogP contribution in [0.15, 0.2) is 11.2 Å². The van der Waals surface area contributed by atoms with Crippen LogP contribution in [0.5, 0.6) is 0 Å². The van der Waals surface area contributed by atoms with Gasteiger partial charge in [-0.05, 0) is 32.3 Å². The van der Waals surface area contributed by atoms with Gasteiger partial charge >= 0.3 is 5.97 Å². The predicted octanol–water partition coefficient (Wildman–Crippen LogP) is 1.56. The van der Waals surface area contributed by atoms with Crippen LogP contribution in [-0.2, 0) is 9.59 Å². The Balaban J connectivity index is 1.83. The van der Waals surface area contributed by atoms with Gasteiger partial charge in [0.15, 0.2) is 5.16 Å². The van der Waals surface area contributed by atoms with Crippen LogP contribution in [-0.4, -0.2) is 38.7 Å². The third-order valence-electron chi connectivity index (χ3n) is 3.19. The first-order valence-electron chi connectivity index (χ1n) is 6.91. The van der Waals surface area contributed by atoms with Gasteiger partial charge in [-0.15, -0.1) is 0 Å². The molecule has 1 unspecified atom stereocenters. The highest BCUT2D eigenvalue weighted by molar-refractivity contribution is 7.99. The van der Waals surface area contributed by atoms with E-state index in [1.807, 2.05) is 19.9 Å². The summed E-state index contributed by atoms with van der Waals surface area (Å²) in [6, 6.07) is 1.08. The summed E-state index contributed by atoms with van der Waals surface area (Å²) in [6.45, 7) is 3.74. The summed E-state index contributed by atoms with van der Waals surface area (Å²) in [4.78, 5) is 31.4. The maximum atomic E-state index is 11.9. The fourth-order valence-electron chi connectivity index (χ4n) is 2.03. The van der Waals surface area contributed by atoms with Crippen LogP contribution in [0, 0.1) is 19.8 Å². The topological polar surface area (TPSA) is 92.2 Å². The quantitative estimate of drug-likeness (QED) is 0.586. The maximum absolute atomic E-state index is 11.9. The highest BCUT2D eigenvalue weighted by Gasteiger charge is 2.30. The highest BCUT2D eigenvalue weighted by Crippen LogP contribution is 2.33. The number of aliphatic carboxylic acids is 1. The van der Waals surface area contributed by atoms with Crippen molar-refractivity contribution in [3.05, 3.63) is 17.5 Å². The Morgan fingerprint density at radius 3 is 2.52 bits per heavy atom. The molecule has 1 aromatic rings. The number of amides is 1. The summed E-state index contributed by atoms with van der Waals surface area (Å²) in [5.41, 5.74) is 1.70. The Hall–Kier alpha value is -1.63. The van der Waals surface area contributed by atoms with Crippen LogP contribution in [0.3, 0.4) is 0 Å². The highest BCUT2D eigenvalue weighted by atomic mass is 32.2. The molecule has 2 N–H and O–H groups in total. The van der Waals surface area contributed by atoms with E-state index in [0.717, 1.165) is 24.2 Å². The molecule has 1 aromatic heterocycles. The average Bonchev–Trinajstić information content (AvgIpc) is 3.18. The number of nitrogens with one attached hydrogen (secondary N) is 1. The Labute approximate surface area is 127 Å². The minimum atomic E-state index is -0.970. The number of carboxylic acid groups (broad SMARTS) is 1. The van der Waals surface area contributed by atoms with Crippen LogP contribution in [0.4, 0.5) is 0 Å². The van der Waals surface area contributed by atoms with Gasteiger partial charge in [0.1, 0.15) is 6.04 Å². The predicted molar refractivity (Wildman–Crippen MR) is 79.1 cm³/mol. The van der Waals surface area contributed by atoms with Gasteiger partial charge in [0, 0.05) is 11.4 Å². The first kappa shape index (κ1) is 15.8. The van der Waals surface area contributed by atoms with Crippen LogP contribution < -0.4 is 5.32 Å². The zero-order valence-corrected chi connectivity index (χ0v) is 12.9. The molecular formula is C14H19N3O3S. The van der Waals surface area contributed by atoms with E-state index in [0.29, 0.717) is 17.5 Å². The van der Waals surface area contributed by atoms with E-state index in [2.05, 4.69) is 15.3 Å². The fraction of sp³-hybridized carbons (Fsp3) is 0.571. The molecule has 1 aliphatic carbocycles. The maximum Gasteiger partial charge on any atom is 0.326 e. The molecular weight excluding hydrogens is 290 g/mol. The normalized spacial score (nSPS) is 15.5. The van der Waals surface area contributed by atoms with E-state index in [4.69, 9.17) is 5.11 Å². The minimum absolute atomic E-state index is 0.122. The number of rotatable bonds is 7. The molecule has 1 atom stereocenters. The Kier molecular flexibility index (Phi) is 5.17. The second-order valence-corrected chi connectivity index (χ2v) is 6.30. The first-order valence-corrected chi connectivity index (χ1v) is 7.90. The van der Waals surface area contributed by atoms with Crippen molar-refractivity contribution in [2.75, 3.05) is 5.75 Å². The van der Waals surface area contributed by atoms with Gasteiger partial charge < -0.3 is 10.4 Å². The van der Waals surface area contributed by atoms with E-state index >= 15 is 0 Å². The second kappa shape index (κ2) is 6.89. The molecule has 0 radical (unpaired) electrons. The van der Waals surface area contributed by atoms with E-state index in [-0.39, 0.29) is 11.7 Å². The van der Waals surface area contributed by atoms with Crippen molar-refractivity contribution in [2.24, 2.45) is 5.92 Å². The minimum Gasteiger partial charge on any atom is -0.480 e. The molecule has 7 heteroatoms. The molecule has 0 aliphatic heterocycles. The number of aromatic nitrogens is 2. The van der Waals surface area contributed by atoms with Gasteiger partial charge in [-0.3, -0.25) is 4.79 Å². The SMILES string of the molecule is Cc1cc(C)nc(SCC(=O)NC(CC2CC2)C(=O)O)n1. The van der Waals surface area contributed by atoms with Crippen molar-refractivity contribution in [1.29, 1.82) is 0 Å². The second-order valence-electron chi connectivity index (χ2n) is 5.36. The summed E-state index contributed by atoms with van der Waals surface area (Å²) < 4.78 is 0. The number of carbonyl (C=O) groups excluding carboxylic acids is 1. The van der Waals surface area contributed by atoms with Gasteiger partial charge in [0.05, 0.1) is 5.75 Å². The summed E-state index contributed by atoms with van der Waals surface area (Å²) >= 11 is 1.22. The van der Waals surface area contributed by atoms with Crippen molar-refractivity contribution < 1.29 is 14.7 Å². The molecule has 1 amide bonds. The molecule has 0 saturated heterocycles. The number of hydrogen-bond donors (Lipinski definition) is 2.